The van der Waals surface area contributed by atoms with Gasteiger partial charge >= 0.3 is 0 Å². The lowest BCUT2D eigenvalue weighted by Crippen LogP contribution is -2.62. The molecular formula is C59H54BN. The minimum atomic E-state index is 0.128. The molecule has 298 valence electrons. The number of anilines is 3. The molecule has 2 unspecified atom stereocenters. The number of benzene rings is 8. The molecule has 0 N–H and O–H groups in total. The van der Waals surface area contributed by atoms with E-state index in [1.165, 1.54) is 106 Å². The first-order valence-electron chi connectivity index (χ1n) is 22.3. The van der Waals surface area contributed by atoms with Gasteiger partial charge in [-0.2, -0.15) is 0 Å². The highest BCUT2D eigenvalue weighted by Crippen LogP contribution is 2.47. The minimum Gasteiger partial charge on any atom is -0.311 e. The van der Waals surface area contributed by atoms with Crippen molar-refractivity contribution in [1.82, 2.24) is 0 Å². The van der Waals surface area contributed by atoms with Crippen LogP contribution in [-0.4, -0.2) is 6.71 Å². The lowest BCUT2D eigenvalue weighted by Gasteiger charge is -2.44. The molecule has 0 bridgehead atoms. The van der Waals surface area contributed by atoms with Gasteiger partial charge in [0.15, 0.2) is 0 Å². The third-order valence-electron chi connectivity index (χ3n) is 13.5. The highest BCUT2D eigenvalue weighted by atomic mass is 15.2. The Hall–Kier alpha value is -6.38. The normalized spacial score (nSPS) is 14.3. The Labute approximate surface area is 363 Å². The molecule has 61 heavy (non-hydrogen) atoms. The van der Waals surface area contributed by atoms with Crippen molar-refractivity contribution < 1.29 is 0 Å². The van der Waals surface area contributed by atoms with Crippen molar-refractivity contribution in [1.29, 1.82) is 0 Å². The van der Waals surface area contributed by atoms with Crippen molar-refractivity contribution >= 4 is 40.2 Å². The summed E-state index contributed by atoms with van der Waals surface area (Å²) in [5, 5.41) is 0. The summed E-state index contributed by atoms with van der Waals surface area (Å²) in [5.41, 5.74) is 25.6. The topological polar surface area (TPSA) is 3.24 Å². The largest absolute Gasteiger partial charge is 0.311 e. The van der Waals surface area contributed by atoms with Crippen LogP contribution in [-0.2, 0) is 12.8 Å². The molecule has 0 aliphatic carbocycles. The first-order chi connectivity index (χ1) is 29.8. The summed E-state index contributed by atoms with van der Waals surface area (Å²) in [6.45, 7) is 11.2. The van der Waals surface area contributed by atoms with E-state index in [0.717, 1.165) is 25.7 Å². The molecule has 2 aliphatic rings. The molecule has 8 aromatic rings. The first kappa shape index (κ1) is 38.8. The highest BCUT2D eigenvalue weighted by Gasteiger charge is 2.44. The van der Waals surface area contributed by atoms with E-state index in [1.54, 1.807) is 0 Å². The maximum Gasteiger partial charge on any atom is 0.247 e. The summed E-state index contributed by atoms with van der Waals surface area (Å²) in [6.07, 6.45) is 4.10. The fourth-order valence-corrected chi connectivity index (χ4v) is 10.4. The number of hydrogen-bond acceptors (Lipinski definition) is 1. The molecule has 2 atom stereocenters. The zero-order chi connectivity index (χ0) is 41.6. The van der Waals surface area contributed by atoms with E-state index in [1.807, 2.05) is 0 Å². The molecule has 0 saturated carbocycles. The summed E-state index contributed by atoms with van der Waals surface area (Å²) in [5.74, 6) is 0.463. The molecular weight excluding hydrogens is 733 g/mol. The zero-order valence-electron chi connectivity index (χ0n) is 36.3. The summed E-state index contributed by atoms with van der Waals surface area (Å²) >= 11 is 0. The van der Waals surface area contributed by atoms with Gasteiger partial charge in [0.1, 0.15) is 0 Å². The van der Waals surface area contributed by atoms with E-state index in [2.05, 4.69) is 215 Å². The van der Waals surface area contributed by atoms with E-state index >= 15 is 0 Å². The van der Waals surface area contributed by atoms with Crippen LogP contribution in [0.1, 0.15) is 85.9 Å². The molecule has 0 aromatic heterocycles. The van der Waals surface area contributed by atoms with Crippen LogP contribution >= 0.6 is 0 Å². The van der Waals surface area contributed by atoms with E-state index in [-0.39, 0.29) is 18.5 Å². The monoisotopic (exact) mass is 787 g/mol. The Bertz CT molecular complexity index is 2860. The Balaban J connectivity index is 1.26. The fraction of sp³-hybridized carbons (Fsp3) is 0.186. The summed E-state index contributed by atoms with van der Waals surface area (Å²) in [4.78, 5) is 2.65. The van der Waals surface area contributed by atoms with Crippen molar-refractivity contribution in [3.05, 3.63) is 237 Å². The molecule has 0 fully saturated rings. The van der Waals surface area contributed by atoms with Gasteiger partial charge in [-0.15, -0.1) is 0 Å². The lowest BCUT2D eigenvalue weighted by atomic mass is 9.31. The van der Waals surface area contributed by atoms with E-state index in [0.29, 0.717) is 0 Å². The van der Waals surface area contributed by atoms with Crippen LogP contribution in [0, 0.1) is 34.6 Å². The smallest absolute Gasteiger partial charge is 0.247 e. The number of aryl methyl sites for hydroxylation is 7. The Morgan fingerprint density at radius 3 is 1.77 bits per heavy atom. The average molecular weight is 788 g/mol. The van der Waals surface area contributed by atoms with Gasteiger partial charge in [-0.3, -0.25) is 0 Å². The maximum absolute atomic E-state index is 2.66. The third-order valence-corrected chi connectivity index (χ3v) is 13.5. The van der Waals surface area contributed by atoms with Gasteiger partial charge in [0.05, 0.1) is 5.69 Å². The predicted molar refractivity (Wildman–Crippen MR) is 261 cm³/mol. The molecule has 1 nitrogen and oxygen atoms in total. The van der Waals surface area contributed by atoms with Crippen LogP contribution in [0.15, 0.2) is 176 Å². The Morgan fingerprint density at radius 1 is 0.459 bits per heavy atom. The summed E-state index contributed by atoms with van der Waals surface area (Å²) in [6, 6.07) is 67.6. The standard InChI is InChI=1S/C59H54BN/c1-39-16-23-45(24-17-39)26-31-50-51-29-20-42(4)35-54(51)60-55-36-43(5)22-33-57(55)61(56-32-21-41(3)34-52(56)47-27-18-40(2)19-28-47)58-38-48(37-53(50)59(58)60)49(46-14-10-7-11-15-46)30-25-44-12-8-6-9-13-44/h6-24,27-29,32-38,49-50H,25-26,30-31H2,1-5H3. The van der Waals surface area contributed by atoms with Gasteiger partial charge in [0, 0.05) is 28.8 Å². The van der Waals surface area contributed by atoms with Gasteiger partial charge in [-0.05, 0) is 134 Å². The number of fused-ring (bicyclic) bond motifs is 4. The first-order valence-corrected chi connectivity index (χ1v) is 22.3. The van der Waals surface area contributed by atoms with Gasteiger partial charge in [0.2, 0.25) is 6.71 Å². The predicted octanol–water partition coefficient (Wildman–Crippen LogP) is 13.0. The second-order valence-electron chi connectivity index (χ2n) is 18.0. The fourth-order valence-electron chi connectivity index (χ4n) is 10.4. The molecule has 2 heteroatoms. The Morgan fingerprint density at radius 2 is 1.05 bits per heavy atom. The van der Waals surface area contributed by atoms with Crippen LogP contribution in [0.3, 0.4) is 0 Å². The second-order valence-corrected chi connectivity index (χ2v) is 18.0. The lowest BCUT2D eigenvalue weighted by molar-refractivity contribution is 0.699. The van der Waals surface area contributed by atoms with Crippen LogP contribution in [0.5, 0.6) is 0 Å². The van der Waals surface area contributed by atoms with Gasteiger partial charge in [-0.25, -0.2) is 0 Å². The summed E-state index contributed by atoms with van der Waals surface area (Å²) in [7, 11) is 0. The maximum atomic E-state index is 2.66. The number of nitrogens with zero attached hydrogens (tertiary/aromatic N) is 1. The molecule has 10 rings (SSSR count). The van der Waals surface area contributed by atoms with Crippen LogP contribution in [0.25, 0.3) is 11.1 Å². The SMILES string of the molecule is Cc1ccc(CCC2c3ccc(C)cc3B3c4cc(C)ccc4N(c4ccc(C)cc4-c4ccc(C)cc4)c4cc(C(CCc5ccccc5)c5ccccc5)cc2c43)cc1. The zero-order valence-corrected chi connectivity index (χ0v) is 36.3. The van der Waals surface area contributed by atoms with E-state index < -0.39 is 0 Å². The van der Waals surface area contributed by atoms with Crippen LogP contribution in [0.2, 0.25) is 0 Å². The Kier molecular flexibility index (Phi) is 10.3. The van der Waals surface area contributed by atoms with Gasteiger partial charge < -0.3 is 4.90 Å². The molecule has 2 aliphatic heterocycles. The van der Waals surface area contributed by atoms with Crippen molar-refractivity contribution in [2.75, 3.05) is 4.90 Å². The number of hydrogen-bond donors (Lipinski definition) is 0. The second kappa shape index (κ2) is 16.2. The highest BCUT2D eigenvalue weighted by molar-refractivity contribution is 6.99. The van der Waals surface area contributed by atoms with Gasteiger partial charge in [-0.1, -0.05) is 185 Å². The minimum absolute atomic E-state index is 0.128. The quantitative estimate of drug-likeness (QED) is 0.125. The summed E-state index contributed by atoms with van der Waals surface area (Å²) < 4.78 is 0. The molecule has 8 aromatic carbocycles. The molecule has 0 spiro atoms. The third kappa shape index (κ3) is 7.44. The molecule has 0 radical (unpaired) electrons. The van der Waals surface area contributed by atoms with Crippen molar-refractivity contribution in [2.45, 2.75) is 72.1 Å². The van der Waals surface area contributed by atoms with Crippen molar-refractivity contribution in [2.24, 2.45) is 0 Å². The molecule has 0 amide bonds. The van der Waals surface area contributed by atoms with Gasteiger partial charge in [0.25, 0.3) is 0 Å². The average Bonchev–Trinajstić information content (AvgIpc) is 3.28. The van der Waals surface area contributed by atoms with Crippen LogP contribution in [0.4, 0.5) is 17.1 Å². The van der Waals surface area contributed by atoms with Crippen molar-refractivity contribution in [3.63, 3.8) is 0 Å². The molecule has 0 saturated heterocycles. The molecule has 2 heterocycles. The van der Waals surface area contributed by atoms with Crippen molar-refractivity contribution in [3.8, 4) is 11.1 Å². The number of rotatable bonds is 10. The van der Waals surface area contributed by atoms with Crippen LogP contribution < -0.4 is 21.3 Å². The van der Waals surface area contributed by atoms with E-state index in [4.69, 9.17) is 0 Å². The van der Waals surface area contributed by atoms with E-state index in [9.17, 15) is 0 Å².